The molecule has 0 radical (unpaired) electrons. The standard InChI is InChI=1S/C13H17NO2/c1-9(15)7-12(14)10-4-5-13-11(8-10)3-2-6-16-13/h4-5,8,12H,2-3,6-7,14H2,1H3. The van der Waals surface area contributed by atoms with Crippen LogP contribution in [0, 0.1) is 0 Å². The molecule has 3 heteroatoms. The first-order chi connectivity index (χ1) is 7.66. The van der Waals surface area contributed by atoms with E-state index >= 15 is 0 Å². The summed E-state index contributed by atoms with van der Waals surface area (Å²) >= 11 is 0. The summed E-state index contributed by atoms with van der Waals surface area (Å²) in [5.74, 6) is 1.09. The molecule has 1 heterocycles. The fraction of sp³-hybridized carbons (Fsp3) is 0.462. The van der Waals surface area contributed by atoms with Crippen LogP contribution in [-0.2, 0) is 11.2 Å². The normalized spacial score (nSPS) is 16.1. The number of carbonyl (C=O) groups excluding carboxylic acids is 1. The molecule has 0 spiro atoms. The molecule has 0 bridgehead atoms. The molecular weight excluding hydrogens is 202 g/mol. The summed E-state index contributed by atoms with van der Waals surface area (Å²) in [5.41, 5.74) is 8.21. The fourth-order valence-electron chi connectivity index (χ4n) is 2.04. The lowest BCUT2D eigenvalue weighted by Gasteiger charge is -2.19. The van der Waals surface area contributed by atoms with Crippen molar-refractivity contribution < 1.29 is 9.53 Å². The maximum atomic E-state index is 11.0. The third-order valence-corrected chi connectivity index (χ3v) is 2.87. The highest BCUT2D eigenvalue weighted by Gasteiger charge is 2.14. The number of benzene rings is 1. The van der Waals surface area contributed by atoms with Crippen LogP contribution in [0.1, 0.15) is 36.9 Å². The van der Waals surface area contributed by atoms with Gasteiger partial charge in [0.05, 0.1) is 6.61 Å². The third-order valence-electron chi connectivity index (χ3n) is 2.87. The maximum absolute atomic E-state index is 11.0. The zero-order valence-electron chi connectivity index (χ0n) is 9.53. The van der Waals surface area contributed by atoms with Crippen molar-refractivity contribution in [2.45, 2.75) is 32.2 Å². The summed E-state index contributed by atoms with van der Waals surface area (Å²) in [6.45, 7) is 2.37. The number of hydrogen-bond donors (Lipinski definition) is 1. The largest absolute Gasteiger partial charge is 0.493 e. The Morgan fingerprint density at radius 1 is 1.56 bits per heavy atom. The van der Waals surface area contributed by atoms with Crippen LogP contribution in [0.3, 0.4) is 0 Å². The van der Waals surface area contributed by atoms with Crippen LogP contribution < -0.4 is 10.5 Å². The first-order valence-corrected chi connectivity index (χ1v) is 5.67. The van der Waals surface area contributed by atoms with Crippen LogP contribution in [0.15, 0.2) is 18.2 Å². The number of hydrogen-bond acceptors (Lipinski definition) is 3. The average Bonchev–Trinajstić information content (AvgIpc) is 2.27. The molecule has 2 rings (SSSR count). The van der Waals surface area contributed by atoms with Gasteiger partial charge in [0.1, 0.15) is 11.5 Å². The molecule has 86 valence electrons. The van der Waals surface area contributed by atoms with E-state index < -0.39 is 0 Å². The van der Waals surface area contributed by atoms with Crippen molar-refractivity contribution in [2.24, 2.45) is 5.73 Å². The van der Waals surface area contributed by atoms with Crippen LogP contribution in [0.5, 0.6) is 5.75 Å². The Hall–Kier alpha value is -1.35. The lowest BCUT2D eigenvalue weighted by Crippen LogP contribution is -2.15. The zero-order valence-corrected chi connectivity index (χ0v) is 9.53. The van der Waals surface area contributed by atoms with Crippen molar-refractivity contribution in [3.05, 3.63) is 29.3 Å². The third kappa shape index (κ3) is 2.42. The summed E-state index contributed by atoms with van der Waals surface area (Å²) < 4.78 is 5.53. The number of ketones is 1. The molecule has 16 heavy (non-hydrogen) atoms. The van der Waals surface area contributed by atoms with E-state index in [1.165, 1.54) is 5.56 Å². The second-order valence-corrected chi connectivity index (χ2v) is 4.33. The Morgan fingerprint density at radius 2 is 2.38 bits per heavy atom. The number of carbonyl (C=O) groups is 1. The molecule has 0 saturated heterocycles. The van der Waals surface area contributed by atoms with Crippen LogP contribution in [0.4, 0.5) is 0 Å². The smallest absolute Gasteiger partial charge is 0.131 e. The SMILES string of the molecule is CC(=O)CC(N)c1ccc2c(c1)CCCO2. The van der Waals surface area contributed by atoms with Gasteiger partial charge in [-0.15, -0.1) is 0 Å². The summed E-state index contributed by atoms with van der Waals surface area (Å²) in [6.07, 6.45) is 2.49. The Bertz CT molecular complexity index is 401. The molecule has 1 aliphatic rings. The Morgan fingerprint density at radius 3 is 3.12 bits per heavy atom. The highest BCUT2D eigenvalue weighted by Crippen LogP contribution is 2.28. The van der Waals surface area contributed by atoms with Gasteiger partial charge in [-0.25, -0.2) is 0 Å². The number of Topliss-reactive ketones (excluding diaryl/α,β-unsaturated/α-hetero) is 1. The predicted molar refractivity (Wildman–Crippen MR) is 62.5 cm³/mol. The van der Waals surface area contributed by atoms with Crippen LogP contribution >= 0.6 is 0 Å². The number of fused-ring (bicyclic) bond motifs is 1. The van der Waals surface area contributed by atoms with Crippen LogP contribution in [0.25, 0.3) is 0 Å². The van der Waals surface area contributed by atoms with Crippen LogP contribution in [0.2, 0.25) is 0 Å². The molecule has 1 atom stereocenters. The number of ether oxygens (including phenoxy) is 1. The highest BCUT2D eigenvalue weighted by atomic mass is 16.5. The van der Waals surface area contributed by atoms with Gasteiger partial charge >= 0.3 is 0 Å². The first-order valence-electron chi connectivity index (χ1n) is 5.67. The molecule has 1 unspecified atom stereocenters. The van der Waals surface area contributed by atoms with Gasteiger partial charge in [0, 0.05) is 12.5 Å². The van der Waals surface area contributed by atoms with E-state index in [1.54, 1.807) is 6.92 Å². The maximum Gasteiger partial charge on any atom is 0.131 e. The molecule has 3 nitrogen and oxygen atoms in total. The van der Waals surface area contributed by atoms with Gasteiger partial charge in [-0.3, -0.25) is 4.79 Å². The molecular formula is C13H17NO2. The van der Waals surface area contributed by atoms with E-state index in [1.807, 2.05) is 12.1 Å². The van der Waals surface area contributed by atoms with Crippen molar-refractivity contribution in [1.29, 1.82) is 0 Å². The van der Waals surface area contributed by atoms with Crippen molar-refractivity contribution in [3.8, 4) is 5.75 Å². The summed E-state index contributed by atoms with van der Waals surface area (Å²) in [4.78, 5) is 11.0. The van der Waals surface area contributed by atoms with Gasteiger partial charge in [-0.2, -0.15) is 0 Å². The van der Waals surface area contributed by atoms with E-state index in [0.717, 1.165) is 30.8 Å². The first kappa shape index (κ1) is 11.1. The summed E-state index contributed by atoms with van der Waals surface area (Å²) in [5, 5.41) is 0. The summed E-state index contributed by atoms with van der Waals surface area (Å²) in [7, 11) is 0. The van der Waals surface area contributed by atoms with Gasteiger partial charge in [-0.05, 0) is 37.0 Å². The van der Waals surface area contributed by atoms with Gasteiger partial charge in [0.2, 0.25) is 0 Å². The monoisotopic (exact) mass is 219 g/mol. The molecule has 1 aliphatic heterocycles. The van der Waals surface area contributed by atoms with Crippen molar-refractivity contribution >= 4 is 5.78 Å². The lowest BCUT2D eigenvalue weighted by molar-refractivity contribution is -0.117. The van der Waals surface area contributed by atoms with Gasteiger partial charge in [-0.1, -0.05) is 12.1 Å². The van der Waals surface area contributed by atoms with E-state index in [0.29, 0.717) is 6.42 Å². The Kier molecular flexibility index (Phi) is 3.25. The quantitative estimate of drug-likeness (QED) is 0.845. The zero-order chi connectivity index (χ0) is 11.5. The van der Waals surface area contributed by atoms with Gasteiger partial charge in [0.25, 0.3) is 0 Å². The lowest BCUT2D eigenvalue weighted by atomic mass is 9.97. The molecule has 0 aliphatic carbocycles. The molecule has 2 N–H and O–H groups in total. The van der Waals surface area contributed by atoms with Gasteiger partial charge in [0.15, 0.2) is 0 Å². The molecule has 0 saturated carbocycles. The number of nitrogens with two attached hydrogens (primary N) is 1. The second-order valence-electron chi connectivity index (χ2n) is 4.33. The Labute approximate surface area is 95.6 Å². The minimum absolute atomic E-state index is 0.126. The predicted octanol–water partition coefficient (Wildman–Crippen LogP) is 1.99. The van der Waals surface area contributed by atoms with E-state index in [2.05, 4.69) is 6.07 Å². The summed E-state index contributed by atoms with van der Waals surface area (Å²) in [6, 6.07) is 5.80. The van der Waals surface area contributed by atoms with E-state index in [4.69, 9.17) is 10.5 Å². The Balaban J connectivity index is 2.19. The van der Waals surface area contributed by atoms with E-state index in [9.17, 15) is 4.79 Å². The average molecular weight is 219 g/mol. The van der Waals surface area contributed by atoms with Crippen LogP contribution in [-0.4, -0.2) is 12.4 Å². The van der Waals surface area contributed by atoms with E-state index in [-0.39, 0.29) is 11.8 Å². The highest BCUT2D eigenvalue weighted by molar-refractivity contribution is 5.76. The molecule has 0 aromatic heterocycles. The minimum Gasteiger partial charge on any atom is -0.493 e. The fourth-order valence-corrected chi connectivity index (χ4v) is 2.04. The van der Waals surface area contributed by atoms with Gasteiger partial charge < -0.3 is 10.5 Å². The molecule has 0 amide bonds. The van der Waals surface area contributed by atoms with Crippen molar-refractivity contribution in [3.63, 3.8) is 0 Å². The second kappa shape index (κ2) is 4.66. The minimum atomic E-state index is -0.190. The number of aryl methyl sites for hydroxylation is 1. The topological polar surface area (TPSA) is 52.3 Å². The van der Waals surface area contributed by atoms with Crippen molar-refractivity contribution in [2.75, 3.05) is 6.61 Å². The molecule has 1 aromatic rings. The molecule has 0 fully saturated rings. The van der Waals surface area contributed by atoms with Crippen molar-refractivity contribution in [1.82, 2.24) is 0 Å². The molecule has 1 aromatic carbocycles. The number of rotatable bonds is 3.